The summed E-state index contributed by atoms with van der Waals surface area (Å²) < 4.78 is 40.2. The number of nitrogens with one attached hydrogen (secondary N) is 2. The molecule has 1 amide bonds. The minimum Gasteiger partial charge on any atom is -0.350 e. The summed E-state index contributed by atoms with van der Waals surface area (Å²) in [5, 5.41) is 2.81. The molecule has 0 fully saturated rings. The van der Waals surface area contributed by atoms with Crippen molar-refractivity contribution in [3.63, 3.8) is 0 Å². The number of halogens is 2. The summed E-state index contributed by atoms with van der Waals surface area (Å²) in [4.78, 5) is 11.9. The Labute approximate surface area is 154 Å². The summed E-state index contributed by atoms with van der Waals surface area (Å²) in [6.07, 6.45) is 0.00128. The maximum absolute atomic E-state index is 12.8. The van der Waals surface area contributed by atoms with Gasteiger partial charge in [-0.25, -0.2) is 17.5 Å². The highest BCUT2D eigenvalue weighted by Crippen LogP contribution is 2.16. The van der Waals surface area contributed by atoms with Gasteiger partial charge in [0.25, 0.3) is 0 Å². The zero-order valence-corrected chi connectivity index (χ0v) is 15.9. The third-order valence-corrected chi connectivity index (χ3v) is 5.52. The fourth-order valence-corrected chi connectivity index (χ4v) is 3.44. The average Bonchev–Trinajstić information content (AvgIpc) is 2.55. The molecule has 1 atom stereocenters. The fourth-order valence-electron chi connectivity index (χ4n) is 2.14. The molecular formula is C17H18BrFN2O3S. The van der Waals surface area contributed by atoms with Crippen LogP contribution in [-0.2, 0) is 14.8 Å². The molecule has 0 bridgehead atoms. The van der Waals surface area contributed by atoms with E-state index in [2.05, 4.69) is 26.0 Å². The van der Waals surface area contributed by atoms with Crippen LogP contribution in [-0.4, -0.2) is 20.9 Å². The van der Waals surface area contributed by atoms with Gasteiger partial charge in [-0.15, -0.1) is 0 Å². The SMILES string of the molecule is CC(NC(=O)CCNS(=O)(=O)c1ccc(F)cc1)c1ccc(Br)cc1. The van der Waals surface area contributed by atoms with Crippen LogP contribution in [0.25, 0.3) is 0 Å². The first-order valence-electron chi connectivity index (χ1n) is 7.58. The zero-order valence-electron chi connectivity index (χ0n) is 13.5. The van der Waals surface area contributed by atoms with Crippen LogP contribution in [0, 0.1) is 5.82 Å². The van der Waals surface area contributed by atoms with Gasteiger partial charge in [-0.05, 0) is 48.9 Å². The van der Waals surface area contributed by atoms with Crippen molar-refractivity contribution in [1.29, 1.82) is 0 Å². The number of hydrogen-bond donors (Lipinski definition) is 2. The van der Waals surface area contributed by atoms with Gasteiger partial charge in [0, 0.05) is 17.4 Å². The van der Waals surface area contributed by atoms with Gasteiger partial charge >= 0.3 is 0 Å². The minimum atomic E-state index is -3.76. The normalized spacial score (nSPS) is 12.6. The van der Waals surface area contributed by atoms with E-state index in [-0.39, 0.29) is 29.8 Å². The summed E-state index contributed by atoms with van der Waals surface area (Å²) in [5.74, 6) is -0.780. The van der Waals surface area contributed by atoms with Gasteiger partial charge in [-0.1, -0.05) is 28.1 Å². The lowest BCUT2D eigenvalue weighted by molar-refractivity contribution is -0.121. The molecule has 0 aliphatic carbocycles. The second kappa shape index (κ2) is 8.55. The van der Waals surface area contributed by atoms with Gasteiger partial charge in [-0.2, -0.15) is 0 Å². The molecule has 0 heterocycles. The molecule has 0 saturated heterocycles. The predicted molar refractivity (Wildman–Crippen MR) is 96.9 cm³/mol. The van der Waals surface area contributed by atoms with Crippen molar-refractivity contribution < 1.29 is 17.6 Å². The molecule has 0 saturated carbocycles. The van der Waals surface area contributed by atoms with Gasteiger partial charge in [0.05, 0.1) is 10.9 Å². The topological polar surface area (TPSA) is 75.3 Å². The number of carbonyl (C=O) groups excluding carboxylic acids is 1. The molecule has 2 N–H and O–H groups in total. The van der Waals surface area contributed by atoms with Crippen molar-refractivity contribution in [2.24, 2.45) is 0 Å². The number of hydrogen-bond acceptors (Lipinski definition) is 3. The van der Waals surface area contributed by atoms with Gasteiger partial charge in [-0.3, -0.25) is 4.79 Å². The number of amides is 1. The number of sulfonamides is 1. The van der Waals surface area contributed by atoms with Crippen molar-refractivity contribution in [1.82, 2.24) is 10.0 Å². The third-order valence-electron chi connectivity index (χ3n) is 3.52. The molecule has 5 nitrogen and oxygen atoms in total. The average molecular weight is 429 g/mol. The summed E-state index contributed by atoms with van der Waals surface area (Å²) >= 11 is 3.35. The maximum Gasteiger partial charge on any atom is 0.240 e. The molecule has 25 heavy (non-hydrogen) atoms. The van der Waals surface area contributed by atoms with Gasteiger partial charge < -0.3 is 5.32 Å². The van der Waals surface area contributed by atoms with Gasteiger partial charge in [0.1, 0.15) is 5.82 Å². The van der Waals surface area contributed by atoms with Gasteiger partial charge in [0.15, 0.2) is 0 Å². The first kappa shape index (κ1) is 19.6. The quantitative estimate of drug-likeness (QED) is 0.710. The van der Waals surface area contributed by atoms with Crippen LogP contribution in [0.15, 0.2) is 57.9 Å². The Balaban J connectivity index is 1.83. The van der Waals surface area contributed by atoms with Crippen molar-refractivity contribution >= 4 is 31.9 Å². The Morgan fingerprint density at radius 1 is 1.12 bits per heavy atom. The molecule has 0 aromatic heterocycles. The zero-order chi connectivity index (χ0) is 18.4. The maximum atomic E-state index is 12.8. The molecule has 0 radical (unpaired) electrons. The van der Waals surface area contributed by atoms with Gasteiger partial charge in [0.2, 0.25) is 15.9 Å². The van der Waals surface area contributed by atoms with Crippen LogP contribution in [0.5, 0.6) is 0 Å². The fraction of sp³-hybridized carbons (Fsp3) is 0.235. The molecular weight excluding hydrogens is 411 g/mol. The number of benzene rings is 2. The highest BCUT2D eigenvalue weighted by Gasteiger charge is 2.15. The Morgan fingerprint density at radius 2 is 1.72 bits per heavy atom. The van der Waals surface area contributed by atoms with E-state index < -0.39 is 15.8 Å². The standard InChI is InChI=1S/C17H18BrFN2O3S/c1-12(13-2-4-14(18)5-3-13)21-17(22)10-11-20-25(23,24)16-8-6-15(19)7-9-16/h2-9,12,20H,10-11H2,1H3,(H,21,22). The minimum absolute atomic E-state index is 0.00128. The van der Waals surface area contributed by atoms with E-state index in [9.17, 15) is 17.6 Å². The first-order valence-corrected chi connectivity index (χ1v) is 9.85. The Morgan fingerprint density at radius 3 is 2.32 bits per heavy atom. The Kier molecular flexibility index (Phi) is 6.69. The van der Waals surface area contributed by atoms with E-state index >= 15 is 0 Å². The number of carbonyl (C=O) groups is 1. The first-order chi connectivity index (χ1) is 11.8. The summed E-state index contributed by atoms with van der Waals surface area (Å²) in [5.41, 5.74) is 0.948. The molecule has 134 valence electrons. The smallest absolute Gasteiger partial charge is 0.240 e. The summed E-state index contributed by atoms with van der Waals surface area (Å²) in [6.45, 7) is 1.81. The van der Waals surface area contributed by atoms with E-state index in [0.29, 0.717) is 0 Å². The summed E-state index contributed by atoms with van der Waals surface area (Å²) in [6, 6.07) is 11.9. The van der Waals surface area contributed by atoms with Crippen LogP contribution >= 0.6 is 15.9 Å². The van der Waals surface area contributed by atoms with Crippen molar-refractivity contribution in [2.75, 3.05) is 6.54 Å². The van der Waals surface area contributed by atoms with Crippen molar-refractivity contribution in [3.8, 4) is 0 Å². The van der Waals surface area contributed by atoms with Crippen LogP contribution in [0.3, 0.4) is 0 Å². The lowest BCUT2D eigenvalue weighted by Gasteiger charge is -2.14. The molecule has 0 spiro atoms. The highest BCUT2D eigenvalue weighted by atomic mass is 79.9. The molecule has 0 aliphatic heterocycles. The Hall–Kier alpha value is -1.77. The monoisotopic (exact) mass is 428 g/mol. The molecule has 8 heteroatoms. The lowest BCUT2D eigenvalue weighted by Crippen LogP contribution is -2.32. The second-order valence-corrected chi connectivity index (χ2v) is 8.13. The highest BCUT2D eigenvalue weighted by molar-refractivity contribution is 9.10. The van der Waals surface area contributed by atoms with E-state index in [4.69, 9.17) is 0 Å². The van der Waals surface area contributed by atoms with E-state index in [1.54, 1.807) is 0 Å². The van der Waals surface area contributed by atoms with Crippen LogP contribution in [0.4, 0.5) is 4.39 Å². The van der Waals surface area contributed by atoms with Crippen molar-refractivity contribution in [3.05, 3.63) is 64.4 Å². The van der Waals surface area contributed by atoms with Crippen molar-refractivity contribution in [2.45, 2.75) is 24.3 Å². The van der Waals surface area contributed by atoms with E-state index in [0.717, 1.165) is 22.2 Å². The molecule has 2 aromatic rings. The van der Waals surface area contributed by atoms with Crippen LogP contribution in [0.2, 0.25) is 0 Å². The molecule has 2 aromatic carbocycles. The predicted octanol–water partition coefficient (Wildman–Crippen LogP) is 3.13. The summed E-state index contributed by atoms with van der Waals surface area (Å²) in [7, 11) is -3.76. The largest absolute Gasteiger partial charge is 0.350 e. The lowest BCUT2D eigenvalue weighted by atomic mass is 10.1. The van der Waals surface area contributed by atoms with E-state index in [1.165, 1.54) is 12.1 Å². The Bertz CT molecular complexity index is 824. The molecule has 2 rings (SSSR count). The number of rotatable bonds is 7. The van der Waals surface area contributed by atoms with Crippen LogP contribution in [0.1, 0.15) is 24.9 Å². The van der Waals surface area contributed by atoms with E-state index in [1.807, 2.05) is 31.2 Å². The second-order valence-electron chi connectivity index (χ2n) is 5.44. The molecule has 1 unspecified atom stereocenters. The van der Waals surface area contributed by atoms with Crippen LogP contribution < -0.4 is 10.0 Å². The molecule has 0 aliphatic rings. The third kappa shape index (κ3) is 5.91.